The van der Waals surface area contributed by atoms with E-state index in [4.69, 9.17) is 19.2 Å². The van der Waals surface area contributed by atoms with Gasteiger partial charge in [-0.3, -0.25) is 14.9 Å². The third-order valence-electron chi connectivity index (χ3n) is 10.0. The molecule has 0 radical (unpaired) electrons. The lowest BCUT2D eigenvalue weighted by Gasteiger charge is -2.31. The number of carbonyl (C=O) groups excluding carboxylic acids is 3. The van der Waals surface area contributed by atoms with Gasteiger partial charge in [0.25, 0.3) is 0 Å². The molecule has 2 aliphatic heterocycles. The van der Waals surface area contributed by atoms with Crippen LogP contribution in [0, 0.1) is 11.8 Å². The molecule has 2 saturated carbocycles. The van der Waals surface area contributed by atoms with E-state index >= 15 is 0 Å². The Morgan fingerprint density at radius 1 is 0.915 bits per heavy atom. The van der Waals surface area contributed by atoms with Crippen molar-refractivity contribution < 1.29 is 28.6 Å². The summed E-state index contributed by atoms with van der Waals surface area (Å²) in [6, 6.07) is 8.49. The summed E-state index contributed by atoms with van der Waals surface area (Å²) in [6.07, 6.45) is 13.2. The van der Waals surface area contributed by atoms with Gasteiger partial charge in [-0.25, -0.2) is 9.79 Å². The molecule has 2 heterocycles. The number of aliphatic imine (C=N–C) groups is 1. The molecule has 0 spiro atoms. The van der Waals surface area contributed by atoms with Gasteiger partial charge < -0.3 is 29.7 Å². The molecule has 0 aromatic heterocycles. The summed E-state index contributed by atoms with van der Waals surface area (Å²) in [7, 11) is 0. The Bertz CT molecular complexity index is 1150. The van der Waals surface area contributed by atoms with E-state index in [2.05, 4.69) is 16.0 Å². The molecule has 4 fully saturated rings. The normalized spacial score (nSPS) is 24.3. The minimum absolute atomic E-state index is 0.129. The molecule has 3 unspecified atom stereocenters. The van der Waals surface area contributed by atoms with Gasteiger partial charge >= 0.3 is 6.09 Å². The maximum Gasteiger partial charge on any atom is 0.413 e. The van der Waals surface area contributed by atoms with Crippen LogP contribution in [-0.2, 0) is 30.3 Å². The van der Waals surface area contributed by atoms with Crippen molar-refractivity contribution in [2.45, 2.75) is 108 Å². The van der Waals surface area contributed by atoms with Crippen LogP contribution in [0.15, 0.2) is 35.3 Å². The van der Waals surface area contributed by atoms with Crippen LogP contribution in [0.4, 0.5) is 4.79 Å². The van der Waals surface area contributed by atoms with Gasteiger partial charge in [0.2, 0.25) is 11.9 Å². The summed E-state index contributed by atoms with van der Waals surface area (Å²) in [5.41, 5.74) is 1.13. The summed E-state index contributed by atoms with van der Waals surface area (Å²) in [4.78, 5) is 47.2. The smallest absolute Gasteiger partial charge is 0.413 e. The second-order valence-electron chi connectivity index (χ2n) is 13.6. The van der Waals surface area contributed by atoms with Gasteiger partial charge in [0, 0.05) is 26.2 Å². The molecule has 2 aliphatic carbocycles. The third kappa shape index (κ3) is 11.6. The molecule has 11 nitrogen and oxygen atoms in total. The van der Waals surface area contributed by atoms with Crippen molar-refractivity contribution in [3.05, 3.63) is 35.9 Å². The van der Waals surface area contributed by atoms with Crippen molar-refractivity contribution >= 4 is 23.7 Å². The van der Waals surface area contributed by atoms with Crippen molar-refractivity contribution in [3.63, 3.8) is 0 Å². The fourth-order valence-corrected chi connectivity index (χ4v) is 7.19. The number of alkyl carbamates (subject to hydrolysis) is 1. The zero-order chi connectivity index (χ0) is 32.7. The zero-order valence-electron chi connectivity index (χ0n) is 28.0. The fourth-order valence-electron chi connectivity index (χ4n) is 7.19. The highest BCUT2D eigenvalue weighted by Gasteiger charge is 2.38. The molecule has 3 N–H and O–H groups in total. The Kier molecular flexibility index (Phi) is 14.3. The van der Waals surface area contributed by atoms with E-state index in [1.165, 1.54) is 38.5 Å². The predicted molar refractivity (Wildman–Crippen MR) is 180 cm³/mol. The molecule has 2 amide bonds. The van der Waals surface area contributed by atoms with Crippen molar-refractivity contribution in [1.82, 2.24) is 20.9 Å². The SMILES string of the molecule is O=C(NC(=NC(CC1CCCCCCC1)C(=O)NC1COC(CNCc2ccccc2)C1=O)N1CCOCC1)OCC1CCCCC1. The lowest BCUT2D eigenvalue weighted by Crippen LogP contribution is -2.51. The Hall–Kier alpha value is -3.02. The van der Waals surface area contributed by atoms with Gasteiger partial charge in [0.1, 0.15) is 18.2 Å². The van der Waals surface area contributed by atoms with Crippen LogP contribution in [0.25, 0.3) is 0 Å². The van der Waals surface area contributed by atoms with Crippen molar-refractivity contribution in [1.29, 1.82) is 0 Å². The third-order valence-corrected chi connectivity index (χ3v) is 10.0. The molecule has 2 saturated heterocycles. The zero-order valence-corrected chi connectivity index (χ0v) is 28.0. The van der Waals surface area contributed by atoms with E-state index < -0.39 is 24.3 Å². The van der Waals surface area contributed by atoms with E-state index in [-0.39, 0.29) is 18.3 Å². The second kappa shape index (κ2) is 19.1. The summed E-state index contributed by atoms with van der Waals surface area (Å²) in [5, 5.41) is 9.17. The van der Waals surface area contributed by atoms with Gasteiger partial charge in [-0.2, -0.15) is 0 Å². The van der Waals surface area contributed by atoms with Gasteiger partial charge in [0.05, 0.1) is 26.4 Å². The number of nitrogens with one attached hydrogen (secondary N) is 3. The lowest BCUT2D eigenvalue weighted by atomic mass is 9.86. The number of ether oxygens (including phenoxy) is 3. The summed E-state index contributed by atoms with van der Waals surface area (Å²) >= 11 is 0. The number of benzene rings is 1. The van der Waals surface area contributed by atoms with Gasteiger partial charge in [-0.1, -0.05) is 94.5 Å². The van der Waals surface area contributed by atoms with E-state index in [1.54, 1.807) is 0 Å². The van der Waals surface area contributed by atoms with E-state index in [1.807, 2.05) is 35.2 Å². The molecule has 5 rings (SSSR count). The maximum absolute atomic E-state index is 14.0. The van der Waals surface area contributed by atoms with Gasteiger partial charge in [-0.05, 0) is 36.7 Å². The average Bonchev–Trinajstić information content (AvgIpc) is 3.43. The topological polar surface area (TPSA) is 131 Å². The number of guanidine groups is 1. The second-order valence-corrected chi connectivity index (χ2v) is 13.6. The highest BCUT2D eigenvalue weighted by atomic mass is 16.5. The lowest BCUT2D eigenvalue weighted by molar-refractivity contribution is -0.128. The maximum atomic E-state index is 14.0. The number of amides is 2. The van der Waals surface area contributed by atoms with Crippen molar-refractivity contribution in [2.75, 3.05) is 46.1 Å². The first kappa shape index (κ1) is 35.3. The number of nitrogens with zero attached hydrogens (tertiary/aromatic N) is 2. The monoisotopic (exact) mass is 653 g/mol. The summed E-state index contributed by atoms with van der Waals surface area (Å²) in [6.45, 7) is 3.62. The van der Waals surface area contributed by atoms with E-state index in [0.717, 1.165) is 44.1 Å². The molecule has 0 bridgehead atoms. The van der Waals surface area contributed by atoms with Crippen molar-refractivity contribution in [3.8, 4) is 0 Å². The number of ketones is 1. The quantitative estimate of drug-likeness (QED) is 0.238. The molecule has 1 aromatic carbocycles. The predicted octanol–water partition coefficient (Wildman–Crippen LogP) is 4.34. The van der Waals surface area contributed by atoms with Gasteiger partial charge in [0.15, 0.2) is 5.78 Å². The average molecular weight is 654 g/mol. The van der Waals surface area contributed by atoms with Gasteiger partial charge in [-0.15, -0.1) is 0 Å². The molecule has 1 aromatic rings. The van der Waals surface area contributed by atoms with E-state index in [9.17, 15) is 14.4 Å². The molecular formula is C36H55N5O6. The first-order chi connectivity index (χ1) is 23.0. The molecule has 260 valence electrons. The summed E-state index contributed by atoms with van der Waals surface area (Å²) in [5.74, 6) is 0.620. The first-order valence-corrected chi connectivity index (χ1v) is 18.1. The number of carbonyl (C=O) groups is 3. The van der Waals surface area contributed by atoms with Crippen LogP contribution < -0.4 is 16.0 Å². The highest BCUT2D eigenvalue weighted by Crippen LogP contribution is 2.27. The van der Waals surface area contributed by atoms with Crippen LogP contribution in [0.5, 0.6) is 0 Å². The number of Topliss-reactive ketones (excluding diaryl/α,β-unsaturated/α-hetero) is 1. The number of hydrogen-bond donors (Lipinski definition) is 3. The minimum atomic E-state index is -0.765. The van der Waals surface area contributed by atoms with E-state index in [0.29, 0.717) is 70.2 Å². The Morgan fingerprint density at radius 2 is 1.57 bits per heavy atom. The van der Waals surface area contributed by atoms with Crippen LogP contribution >= 0.6 is 0 Å². The van der Waals surface area contributed by atoms with Crippen LogP contribution in [0.3, 0.4) is 0 Å². The largest absolute Gasteiger partial charge is 0.449 e. The Morgan fingerprint density at radius 3 is 2.30 bits per heavy atom. The van der Waals surface area contributed by atoms with Crippen LogP contribution in [0.1, 0.15) is 89.0 Å². The van der Waals surface area contributed by atoms with Crippen LogP contribution in [0.2, 0.25) is 0 Å². The standard InChI is InChI=1S/C36H55N5O6/c42-33-31(26-46-32(33)24-37-23-28-14-8-4-9-15-28)38-34(43)30(22-27-12-6-2-1-3-7-13-27)39-35(41-18-20-45-21-19-41)40-36(44)47-25-29-16-10-5-11-17-29/h4,8-9,14-15,27,29-32,37H,1-3,5-7,10-13,16-26H2,(H,38,43)(H,39,40,44). The molecule has 3 atom stereocenters. The summed E-state index contributed by atoms with van der Waals surface area (Å²) < 4.78 is 17.1. The molecular weight excluding hydrogens is 598 g/mol. The van der Waals surface area contributed by atoms with Crippen molar-refractivity contribution in [2.24, 2.45) is 16.8 Å². The molecule has 47 heavy (non-hydrogen) atoms. The Labute approximate surface area is 279 Å². The fraction of sp³-hybridized carbons (Fsp3) is 0.722. The minimum Gasteiger partial charge on any atom is -0.449 e. The number of rotatable bonds is 11. The Balaban J connectivity index is 1.25. The van der Waals surface area contributed by atoms with Crippen LogP contribution in [-0.4, -0.2) is 92.9 Å². The highest BCUT2D eigenvalue weighted by molar-refractivity contribution is 5.97. The first-order valence-electron chi connectivity index (χ1n) is 18.1. The number of hydrogen-bond acceptors (Lipinski definition) is 8. The molecule has 11 heteroatoms. The molecule has 4 aliphatic rings. The number of morpholine rings is 1.